The first kappa shape index (κ1) is 23.4. The van der Waals surface area contributed by atoms with Gasteiger partial charge in [-0.1, -0.05) is 66.7 Å². The summed E-state index contributed by atoms with van der Waals surface area (Å²) >= 11 is 0. The Kier molecular flexibility index (Phi) is 11.9. The monoisotopic (exact) mass is 346 g/mol. The van der Waals surface area contributed by atoms with Crippen LogP contribution in [0.4, 0.5) is 0 Å². The van der Waals surface area contributed by atoms with Crippen molar-refractivity contribution in [1.29, 1.82) is 0 Å². The van der Waals surface area contributed by atoms with E-state index in [1.54, 1.807) is 0 Å². The van der Waals surface area contributed by atoms with E-state index in [4.69, 9.17) is 4.74 Å². The second-order valence-corrected chi connectivity index (χ2v) is 6.53. The Labute approximate surface area is 155 Å². The predicted octanol–water partition coefficient (Wildman–Crippen LogP) is 7.29. The molecular formula is C23H38O2. The van der Waals surface area contributed by atoms with E-state index in [2.05, 4.69) is 32.6 Å². The minimum absolute atomic E-state index is 0.407. The Bertz CT molecular complexity index is 479. The zero-order valence-corrected chi connectivity index (χ0v) is 17.2. The molecule has 0 aromatic heterocycles. The maximum atomic E-state index is 11.2. The lowest BCUT2D eigenvalue weighted by Crippen LogP contribution is -2.23. The first-order valence-electron chi connectivity index (χ1n) is 10.0. The van der Waals surface area contributed by atoms with E-state index >= 15 is 0 Å². The molecule has 2 nitrogen and oxygen atoms in total. The minimum Gasteiger partial charge on any atom is -0.423 e. The maximum absolute atomic E-state index is 11.2. The van der Waals surface area contributed by atoms with Gasteiger partial charge in [-0.25, -0.2) is 4.79 Å². The van der Waals surface area contributed by atoms with Crippen LogP contribution < -0.4 is 4.74 Å². The molecule has 0 amide bonds. The van der Waals surface area contributed by atoms with Crippen molar-refractivity contribution in [2.24, 2.45) is 5.41 Å². The van der Waals surface area contributed by atoms with Gasteiger partial charge in [-0.15, -0.1) is 0 Å². The van der Waals surface area contributed by atoms with E-state index in [1.807, 2.05) is 39.8 Å². The van der Waals surface area contributed by atoms with Crippen molar-refractivity contribution in [2.45, 2.75) is 86.0 Å². The van der Waals surface area contributed by atoms with Crippen LogP contribution in [0.25, 0.3) is 0 Å². The molecule has 0 heterocycles. The number of rotatable bonds is 5. The third-order valence-corrected chi connectivity index (χ3v) is 4.78. The second-order valence-electron chi connectivity index (χ2n) is 6.53. The zero-order chi connectivity index (χ0) is 19.3. The fourth-order valence-corrected chi connectivity index (χ4v) is 3.47. The standard InChI is InChI=1S/C19H26O2.2C2H6/c1-4-12-19(3)13-10-16(11-14-19)15-6-8-17(9-7-15)21-18(20)5-2;2*1-2/h5-9,16H,2,4,10-14H2,1,3H3;2*1-2H3. The quantitative estimate of drug-likeness (QED) is 0.318. The van der Waals surface area contributed by atoms with Crippen LogP contribution in [0.3, 0.4) is 0 Å². The van der Waals surface area contributed by atoms with Crippen LogP contribution in [0.5, 0.6) is 5.75 Å². The molecule has 142 valence electrons. The highest BCUT2D eigenvalue weighted by molar-refractivity contribution is 5.83. The molecule has 1 fully saturated rings. The molecule has 0 spiro atoms. The molecule has 25 heavy (non-hydrogen) atoms. The fourth-order valence-electron chi connectivity index (χ4n) is 3.47. The summed E-state index contributed by atoms with van der Waals surface area (Å²) in [5, 5.41) is 0. The highest BCUT2D eigenvalue weighted by atomic mass is 16.5. The summed E-state index contributed by atoms with van der Waals surface area (Å²) in [5.74, 6) is 0.838. The summed E-state index contributed by atoms with van der Waals surface area (Å²) < 4.78 is 5.11. The van der Waals surface area contributed by atoms with Crippen molar-refractivity contribution in [2.75, 3.05) is 0 Å². The van der Waals surface area contributed by atoms with Crippen LogP contribution in [0.15, 0.2) is 36.9 Å². The smallest absolute Gasteiger partial charge is 0.335 e. The van der Waals surface area contributed by atoms with Crippen LogP contribution in [0.1, 0.15) is 91.5 Å². The van der Waals surface area contributed by atoms with Gasteiger partial charge in [0, 0.05) is 6.08 Å². The molecule has 0 unspecified atom stereocenters. The first-order valence-corrected chi connectivity index (χ1v) is 10.0. The number of benzene rings is 1. The van der Waals surface area contributed by atoms with Gasteiger partial charge in [-0.05, 0) is 61.1 Å². The Balaban J connectivity index is 0.00000134. The van der Waals surface area contributed by atoms with Gasteiger partial charge in [-0.2, -0.15) is 0 Å². The van der Waals surface area contributed by atoms with E-state index in [0.29, 0.717) is 17.1 Å². The third kappa shape index (κ3) is 7.90. The molecule has 2 rings (SSSR count). The van der Waals surface area contributed by atoms with Crippen molar-refractivity contribution < 1.29 is 9.53 Å². The van der Waals surface area contributed by atoms with Crippen LogP contribution in [-0.2, 0) is 4.79 Å². The van der Waals surface area contributed by atoms with Gasteiger partial charge in [0.25, 0.3) is 0 Å². The van der Waals surface area contributed by atoms with Gasteiger partial charge in [0.05, 0.1) is 0 Å². The van der Waals surface area contributed by atoms with Crippen molar-refractivity contribution in [3.05, 3.63) is 42.5 Å². The van der Waals surface area contributed by atoms with Gasteiger partial charge < -0.3 is 4.74 Å². The van der Waals surface area contributed by atoms with Gasteiger partial charge >= 0.3 is 5.97 Å². The third-order valence-electron chi connectivity index (χ3n) is 4.78. The van der Waals surface area contributed by atoms with Crippen molar-refractivity contribution in [3.8, 4) is 5.75 Å². The van der Waals surface area contributed by atoms with Crippen LogP contribution >= 0.6 is 0 Å². The summed E-state index contributed by atoms with van der Waals surface area (Å²) in [4.78, 5) is 11.2. The maximum Gasteiger partial charge on any atom is 0.335 e. The van der Waals surface area contributed by atoms with E-state index in [-0.39, 0.29) is 0 Å². The predicted molar refractivity (Wildman–Crippen MR) is 109 cm³/mol. The molecule has 0 N–H and O–H groups in total. The molecule has 1 aliphatic rings. The Hall–Kier alpha value is -1.57. The van der Waals surface area contributed by atoms with E-state index < -0.39 is 5.97 Å². The van der Waals surface area contributed by atoms with Crippen LogP contribution in [0, 0.1) is 5.41 Å². The van der Waals surface area contributed by atoms with Crippen molar-refractivity contribution >= 4 is 5.97 Å². The molecule has 1 saturated carbocycles. The summed E-state index contributed by atoms with van der Waals surface area (Å²) in [6.07, 6.45) is 8.98. The van der Waals surface area contributed by atoms with E-state index in [9.17, 15) is 4.79 Å². The zero-order valence-electron chi connectivity index (χ0n) is 17.2. The Morgan fingerprint density at radius 3 is 2.12 bits per heavy atom. The van der Waals surface area contributed by atoms with Gasteiger partial charge in [0.2, 0.25) is 0 Å². The topological polar surface area (TPSA) is 26.3 Å². The lowest BCUT2D eigenvalue weighted by Gasteiger charge is -2.37. The average molecular weight is 347 g/mol. The molecule has 0 bridgehead atoms. The van der Waals surface area contributed by atoms with Crippen molar-refractivity contribution in [3.63, 3.8) is 0 Å². The van der Waals surface area contributed by atoms with Crippen molar-refractivity contribution in [1.82, 2.24) is 0 Å². The summed E-state index contributed by atoms with van der Waals surface area (Å²) in [5.41, 5.74) is 1.91. The summed E-state index contributed by atoms with van der Waals surface area (Å²) in [6.45, 7) is 16.1. The Morgan fingerprint density at radius 2 is 1.68 bits per heavy atom. The number of hydrogen-bond donors (Lipinski definition) is 0. The SMILES string of the molecule is C=CC(=O)Oc1ccc(C2CCC(C)(CCC)CC2)cc1.CC.CC. The Morgan fingerprint density at radius 1 is 1.16 bits per heavy atom. The molecule has 2 heteroatoms. The number of carbonyl (C=O) groups excluding carboxylic acids is 1. The number of esters is 1. The average Bonchev–Trinajstić information content (AvgIpc) is 2.66. The lowest BCUT2D eigenvalue weighted by atomic mass is 9.68. The normalized spacial score (nSPS) is 21.8. The van der Waals surface area contributed by atoms with Crippen LogP contribution in [0.2, 0.25) is 0 Å². The first-order chi connectivity index (χ1) is 12.1. The molecule has 1 aromatic carbocycles. The fraction of sp³-hybridized carbons (Fsp3) is 0.609. The number of hydrogen-bond acceptors (Lipinski definition) is 2. The van der Waals surface area contributed by atoms with Gasteiger partial charge in [0.15, 0.2) is 0 Å². The highest BCUT2D eigenvalue weighted by Gasteiger charge is 2.30. The molecule has 1 aliphatic carbocycles. The molecule has 0 radical (unpaired) electrons. The molecular weight excluding hydrogens is 308 g/mol. The molecule has 0 saturated heterocycles. The molecule has 1 aromatic rings. The summed E-state index contributed by atoms with van der Waals surface area (Å²) in [7, 11) is 0. The second kappa shape index (κ2) is 12.7. The number of carbonyl (C=O) groups is 1. The lowest BCUT2D eigenvalue weighted by molar-refractivity contribution is -0.128. The molecule has 0 atom stereocenters. The van der Waals surface area contributed by atoms with Crippen LogP contribution in [-0.4, -0.2) is 5.97 Å². The number of ether oxygens (including phenoxy) is 1. The van der Waals surface area contributed by atoms with Gasteiger partial charge in [-0.3, -0.25) is 0 Å². The van der Waals surface area contributed by atoms with E-state index in [0.717, 1.165) is 0 Å². The van der Waals surface area contributed by atoms with Gasteiger partial charge in [0.1, 0.15) is 5.75 Å². The largest absolute Gasteiger partial charge is 0.423 e. The van der Waals surface area contributed by atoms with E-state index in [1.165, 1.54) is 50.2 Å². The molecule has 0 aliphatic heterocycles. The highest BCUT2D eigenvalue weighted by Crippen LogP contribution is 2.45. The summed E-state index contributed by atoms with van der Waals surface area (Å²) in [6, 6.07) is 7.96. The minimum atomic E-state index is -0.407.